The van der Waals surface area contributed by atoms with E-state index in [0.717, 1.165) is 24.5 Å². The number of fused-ring (bicyclic) bond motifs is 1. The van der Waals surface area contributed by atoms with E-state index < -0.39 is 6.10 Å². The van der Waals surface area contributed by atoms with Crippen molar-refractivity contribution in [2.75, 3.05) is 13.6 Å². The van der Waals surface area contributed by atoms with E-state index in [2.05, 4.69) is 14.9 Å². The van der Waals surface area contributed by atoms with Gasteiger partial charge in [0.05, 0.1) is 5.69 Å². The lowest BCUT2D eigenvalue weighted by molar-refractivity contribution is 0.173. The third-order valence-corrected chi connectivity index (χ3v) is 2.67. The summed E-state index contributed by atoms with van der Waals surface area (Å²) in [5.41, 5.74) is 0.802. The number of aliphatic hydroxyl groups excluding tert-OH is 1. The van der Waals surface area contributed by atoms with Gasteiger partial charge in [0.2, 0.25) is 0 Å². The second kappa shape index (κ2) is 4.11. The Balaban J connectivity index is 2.15. The van der Waals surface area contributed by atoms with Gasteiger partial charge in [0, 0.05) is 25.7 Å². The van der Waals surface area contributed by atoms with Gasteiger partial charge in [0.25, 0.3) is 0 Å². The van der Waals surface area contributed by atoms with Crippen LogP contribution in [0.25, 0.3) is 0 Å². The average Bonchev–Trinajstić information content (AvgIpc) is 2.61. The van der Waals surface area contributed by atoms with Crippen LogP contribution in [0.15, 0.2) is 6.20 Å². The van der Waals surface area contributed by atoms with Crippen molar-refractivity contribution in [3.8, 4) is 0 Å². The van der Waals surface area contributed by atoms with Crippen LogP contribution >= 0.6 is 0 Å². The Labute approximate surface area is 84.0 Å². The van der Waals surface area contributed by atoms with Gasteiger partial charge in [-0.15, -0.1) is 0 Å². The smallest absolute Gasteiger partial charge is 0.110 e. The van der Waals surface area contributed by atoms with E-state index in [-0.39, 0.29) is 0 Å². The molecule has 2 N–H and O–H groups in total. The molecule has 0 saturated heterocycles. The average molecular weight is 195 g/mol. The number of aromatic nitrogens is 2. The molecule has 0 aliphatic carbocycles. The number of nitrogens with zero attached hydrogens (tertiary/aromatic N) is 2. The third kappa shape index (κ3) is 1.81. The summed E-state index contributed by atoms with van der Waals surface area (Å²) in [5, 5.41) is 12.7. The standard InChI is InChI=1S/C10H17N3O/c1-11-6-9(14)8-7-13-5-3-2-4-10(13)12-8/h7,9,11,14H,2-6H2,1H3. The highest BCUT2D eigenvalue weighted by Crippen LogP contribution is 2.18. The maximum atomic E-state index is 9.73. The van der Waals surface area contributed by atoms with Crippen molar-refractivity contribution in [3.63, 3.8) is 0 Å². The summed E-state index contributed by atoms with van der Waals surface area (Å²) < 4.78 is 2.16. The number of imidazole rings is 1. The molecule has 2 rings (SSSR count). The Morgan fingerprint density at radius 3 is 3.21 bits per heavy atom. The van der Waals surface area contributed by atoms with Gasteiger partial charge in [-0.25, -0.2) is 4.98 Å². The van der Waals surface area contributed by atoms with Gasteiger partial charge in [0.15, 0.2) is 0 Å². The molecule has 0 fully saturated rings. The first kappa shape index (κ1) is 9.68. The SMILES string of the molecule is CNCC(O)c1cn2c(n1)CCCC2. The van der Waals surface area contributed by atoms with Crippen LogP contribution in [-0.4, -0.2) is 28.3 Å². The maximum Gasteiger partial charge on any atom is 0.110 e. The summed E-state index contributed by atoms with van der Waals surface area (Å²) in [5.74, 6) is 1.13. The number of hydrogen-bond acceptors (Lipinski definition) is 3. The molecular weight excluding hydrogens is 178 g/mol. The third-order valence-electron chi connectivity index (χ3n) is 2.67. The lowest BCUT2D eigenvalue weighted by Gasteiger charge is -2.11. The summed E-state index contributed by atoms with van der Waals surface area (Å²) in [4.78, 5) is 4.44. The fourth-order valence-corrected chi connectivity index (χ4v) is 1.89. The van der Waals surface area contributed by atoms with Gasteiger partial charge >= 0.3 is 0 Å². The molecule has 0 bridgehead atoms. The van der Waals surface area contributed by atoms with Gasteiger partial charge in [-0.3, -0.25) is 0 Å². The van der Waals surface area contributed by atoms with Gasteiger partial charge in [-0.1, -0.05) is 0 Å². The lowest BCUT2D eigenvalue weighted by atomic mass is 10.2. The minimum atomic E-state index is -0.474. The Bertz CT molecular complexity index is 285. The first-order valence-electron chi connectivity index (χ1n) is 5.20. The fraction of sp³-hybridized carbons (Fsp3) is 0.700. The van der Waals surface area contributed by atoms with E-state index in [4.69, 9.17) is 0 Å². The van der Waals surface area contributed by atoms with E-state index >= 15 is 0 Å². The number of hydrogen-bond donors (Lipinski definition) is 2. The molecule has 1 atom stereocenters. The molecule has 0 saturated carbocycles. The minimum absolute atomic E-state index is 0.474. The fourth-order valence-electron chi connectivity index (χ4n) is 1.89. The van der Waals surface area contributed by atoms with Crippen LogP contribution in [0.3, 0.4) is 0 Å². The Morgan fingerprint density at radius 2 is 2.50 bits per heavy atom. The molecule has 1 aromatic heterocycles. The molecule has 0 aromatic carbocycles. The van der Waals surface area contributed by atoms with Crippen molar-refractivity contribution in [2.45, 2.75) is 31.9 Å². The molecule has 78 valence electrons. The molecule has 0 amide bonds. The summed E-state index contributed by atoms with van der Waals surface area (Å²) >= 11 is 0. The summed E-state index contributed by atoms with van der Waals surface area (Å²) in [7, 11) is 1.83. The zero-order chi connectivity index (χ0) is 9.97. The lowest BCUT2D eigenvalue weighted by Crippen LogP contribution is -2.16. The van der Waals surface area contributed by atoms with Crippen LogP contribution in [0.5, 0.6) is 0 Å². The highest BCUT2D eigenvalue weighted by atomic mass is 16.3. The van der Waals surface area contributed by atoms with Crippen molar-refractivity contribution in [1.82, 2.24) is 14.9 Å². The van der Waals surface area contributed by atoms with Gasteiger partial charge in [-0.05, 0) is 19.9 Å². The number of likely N-dealkylation sites (N-methyl/N-ethyl adjacent to an activating group) is 1. The summed E-state index contributed by atoms with van der Waals surface area (Å²) in [6.07, 6.45) is 5.00. The second-order valence-electron chi connectivity index (χ2n) is 3.81. The quantitative estimate of drug-likeness (QED) is 0.737. The highest BCUT2D eigenvalue weighted by Gasteiger charge is 2.16. The van der Waals surface area contributed by atoms with Crippen LogP contribution < -0.4 is 5.32 Å². The van der Waals surface area contributed by atoms with Crippen LogP contribution in [-0.2, 0) is 13.0 Å². The molecule has 4 heteroatoms. The maximum absolute atomic E-state index is 9.73. The molecule has 1 unspecified atom stereocenters. The van der Waals surface area contributed by atoms with E-state index in [1.807, 2.05) is 13.2 Å². The van der Waals surface area contributed by atoms with Gasteiger partial charge in [-0.2, -0.15) is 0 Å². The van der Waals surface area contributed by atoms with Crippen LogP contribution in [0.2, 0.25) is 0 Å². The predicted octanol–water partition coefficient (Wildman–Crippen LogP) is 0.472. The first-order chi connectivity index (χ1) is 6.81. The van der Waals surface area contributed by atoms with Crippen LogP contribution in [0.4, 0.5) is 0 Å². The zero-order valence-corrected chi connectivity index (χ0v) is 8.53. The second-order valence-corrected chi connectivity index (χ2v) is 3.81. The van der Waals surface area contributed by atoms with E-state index in [1.165, 1.54) is 12.8 Å². The summed E-state index contributed by atoms with van der Waals surface area (Å²) in [6.45, 7) is 1.62. The first-order valence-corrected chi connectivity index (χ1v) is 5.20. The molecule has 0 spiro atoms. The van der Waals surface area contributed by atoms with E-state index in [1.54, 1.807) is 0 Å². The molecule has 0 radical (unpaired) electrons. The van der Waals surface area contributed by atoms with Crippen molar-refractivity contribution in [1.29, 1.82) is 0 Å². The van der Waals surface area contributed by atoms with Crippen molar-refractivity contribution in [2.24, 2.45) is 0 Å². The molecule has 1 aromatic rings. The zero-order valence-electron chi connectivity index (χ0n) is 8.53. The van der Waals surface area contributed by atoms with Crippen LogP contribution in [0.1, 0.15) is 30.5 Å². The normalized spacial score (nSPS) is 17.9. The molecule has 4 nitrogen and oxygen atoms in total. The summed E-state index contributed by atoms with van der Waals surface area (Å²) in [6, 6.07) is 0. The highest BCUT2D eigenvalue weighted by molar-refractivity contribution is 5.09. The molecule has 2 heterocycles. The Hall–Kier alpha value is -0.870. The number of aryl methyl sites for hydroxylation is 2. The topological polar surface area (TPSA) is 50.1 Å². The number of rotatable bonds is 3. The molecule has 1 aliphatic rings. The molecular formula is C10H17N3O. The van der Waals surface area contributed by atoms with Crippen molar-refractivity contribution < 1.29 is 5.11 Å². The largest absolute Gasteiger partial charge is 0.385 e. The predicted molar refractivity (Wildman–Crippen MR) is 54.1 cm³/mol. The monoisotopic (exact) mass is 195 g/mol. The van der Waals surface area contributed by atoms with Gasteiger partial charge < -0.3 is 15.0 Å². The Morgan fingerprint density at radius 1 is 1.64 bits per heavy atom. The van der Waals surface area contributed by atoms with E-state index in [9.17, 15) is 5.11 Å². The Kier molecular flexibility index (Phi) is 2.84. The molecule has 1 aliphatic heterocycles. The minimum Gasteiger partial charge on any atom is -0.385 e. The van der Waals surface area contributed by atoms with Crippen molar-refractivity contribution in [3.05, 3.63) is 17.7 Å². The number of nitrogens with one attached hydrogen (secondary N) is 1. The van der Waals surface area contributed by atoms with E-state index in [0.29, 0.717) is 6.54 Å². The number of aliphatic hydroxyl groups is 1. The van der Waals surface area contributed by atoms with Gasteiger partial charge in [0.1, 0.15) is 11.9 Å². The van der Waals surface area contributed by atoms with Crippen molar-refractivity contribution >= 4 is 0 Å². The molecule has 14 heavy (non-hydrogen) atoms. The van der Waals surface area contributed by atoms with Crippen LogP contribution in [0, 0.1) is 0 Å².